The van der Waals surface area contributed by atoms with Crippen LogP contribution in [-0.2, 0) is 29.7 Å². The van der Waals surface area contributed by atoms with Crippen LogP contribution in [0.2, 0.25) is 0 Å². The molecule has 0 unspecified atom stereocenters. The van der Waals surface area contributed by atoms with E-state index in [4.69, 9.17) is 4.98 Å². The first-order valence-corrected chi connectivity index (χ1v) is 16.2. The van der Waals surface area contributed by atoms with Crippen molar-refractivity contribution in [1.29, 1.82) is 0 Å². The van der Waals surface area contributed by atoms with Crippen molar-refractivity contribution in [3.8, 4) is 22.6 Å². The van der Waals surface area contributed by atoms with Gasteiger partial charge in [0.2, 0.25) is 0 Å². The molecule has 0 aliphatic rings. The molecular formula is C33H37F3N4O3S. The Labute approximate surface area is 256 Å². The molecule has 0 saturated heterocycles. The highest BCUT2D eigenvalue weighted by molar-refractivity contribution is 7.90. The topological polar surface area (TPSA) is 84.3 Å². The Morgan fingerprint density at radius 3 is 2.00 bits per heavy atom. The van der Waals surface area contributed by atoms with Gasteiger partial charge in [-0.15, -0.1) is 0 Å². The molecule has 3 aromatic carbocycles. The van der Waals surface area contributed by atoms with Crippen LogP contribution in [-0.4, -0.2) is 40.8 Å². The van der Waals surface area contributed by atoms with Crippen molar-refractivity contribution in [3.05, 3.63) is 102 Å². The largest absolute Gasteiger partial charge is 0.516 e. The van der Waals surface area contributed by atoms with E-state index in [1.165, 1.54) is 12.1 Å². The van der Waals surface area contributed by atoms with Gasteiger partial charge in [-0.1, -0.05) is 99.5 Å². The number of carbonyl (C=O) groups excluding carboxylic acids is 1. The minimum absolute atomic E-state index is 0.182. The summed E-state index contributed by atoms with van der Waals surface area (Å²) >= 11 is 0. The monoisotopic (exact) mass is 626 g/mol. The molecule has 1 heterocycles. The van der Waals surface area contributed by atoms with Crippen LogP contribution in [0.4, 0.5) is 13.2 Å². The van der Waals surface area contributed by atoms with E-state index < -0.39 is 21.4 Å². The maximum Gasteiger partial charge on any atom is 0.516 e. The number of benzene rings is 3. The zero-order valence-electron chi connectivity index (χ0n) is 24.8. The summed E-state index contributed by atoms with van der Waals surface area (Å²) in [6.45, 7) is 6.98. The number of alkyl halides is 3. The Balaban J connectivity index is 1.67. The molecule has 4 rings (SSSR count). The number of sulfonamides is 1. The van der Waals surface area contributed by atoms with Gasteiger partial charge in [0, 0.05) is 36.3 Å². The second-order valence-electron chi connectivity index (χ2n) is 10.6. The fraction of sp³-hybridized carbons (Fsp3) is 0.333. The zero-order chi connectivity index (χ0) is 31.7. The number of nitrogens with zero attached hydrogens (tertiary/aromatic N) is 3. The molecule has 44 heavy (non-hydrogen) atoms. The number of hydrogen-bond donors (Lipinski definition) is 1. The van der Waals surface area contributed by atoms with Crippen LogP contribution < -0.4 is 4.72 Å². The van der Waals surface area contributed by atoms with Crippen molar-refractivity contribution in [1.82, 2.24) is 19.2 Å². The maximum atomic E-state index is 12.7. The van der Waals surface area contributed by atoms with E-state index in [-0.39, 0.29) is 5.56 Å². The first kappa shape index (κ1) is 32.9. The number of carbonyl (C=O) groups is 1. The molecule has 1 N–H and O–H groups in total. The summed E-state index contributed by atoms with van der Waals surface area (Å²) in [7, 11) is -5.79. The van der Waals surface area contributed by atoms with Crippen LogP contribution >= 0.6 is 0 Å². The number of hydrogen-bond acceptors (Lipinski definition) is 5. The van der Waals surface area contributed by atoms with Crippen molar-refractivity contribution >= 4 is 15.9 Å². The summed E-state index contributed by atoms with van der Waals surface area (Å²) in [5.41, 5.74) is -0.861. The molecule has 0 spiro atoms. The second kappa shape index (κ2) is 14.7. The number of rotatable bonds is 14. The van der Waals surface area contributed by atoms with E-state index in [9.17, 15) is 26.4 Å². The van der Waals surface area contributed by atoms with Gasteiger partial charge in [0.15, 0.2) is 0 Å². The Morgan fingerprint density at radius 2 is 1.43 bits per heavy atom. The molecular weight excluding hydrogens is 589 g/mol. The number of amides is 1. The average molecular weight is 627 g/mol. The van der Waals surface area contributed by atoms with Gasteiger partial charge in [-0.2, -0.15) is 21.6 Å². The standard InChI is InChI=1S/C33H37F3N4O3S/c1-3-5-21-39(23-25-17-19-28(20-18-25)32(41)38-44(42,43)33(34,35)36)24-29-30(26-13-9-7-10-14-26)37-31(40(29)22-6-4-2)27-15-11-8-12-16-27/h7-20H,3-6,21-24H2,1-2H3,(H,38,41). The third-order valence-electron chi connectivity index (χ3n) is 7.24. The SMILES string of the molecule is CCCCN(Cc1ccc(C(=O)NS(=O)(=O)C(F)(F)F)cc1)Cc1c(-c2ccccc2)nc(-c2ccccc2)n1CCCC. The van der Waals surface area contributed by atoms with E-state index in [2.05, 4.69) is 47.6 Å². The van der Waals surface area contributed by atoms with Crippen LogP contribution in [0.5, 0.6) is 0 Å². The van der Waals surface area contributed by atoms with E-state index >= 15 is 0 Å². The molecule has 0 bridgehead atoms. The number of nitrogens with one attached hydrogen (secondary N) is 1. The lowest BCUT2D eigenvalue weighted by atomic mass is 10.1. The molecule has 11 heteroatoms. The Kier molecular flexibility index (Phi) is 11.0. The van der Waals surface area contributed by atoms with Gasteiger partial charge in [0.05, 0.1) is 11.4 Å². The van der Waals surface area contributed by atoms with Crippen molar-refractivity contribution in [2.75, 3.05) is 6.54 Å². The van der Waals surface area contributed by atoms with Gasteiger partial charge in [0.1, 0.15) is 5.82 Å². The Bertz CT molecular complexity index is 1620. The molecule has 0 aliphatic heterocycles. The van der Waals surface area contributed by atoms with Crippen LogP contribution in [0.3, 0.4) is 0 Å². The van der Waals surface area contributed by atoms with E-state index in [1.54, 1.807) is 12.1 Å². The van der Waals surface area contributed by atoms with E-state index in [0.717, 1.165) is 77.4 Å². The third kappa shape index (κ3) is 8.15. The number of aromatic nitrogens is 2. The Hall–Kier alpha value is -3.96. The van der Waals surface area contributed by atoms with Gasteiger partial charge in [-0.3, -0.25) is 9.69 Å². The number of imidazole rings is 1. The molecule has 234 valence electrons. The molecule has 4 aromatic rings. The molecule has 7 nitrogen and oxygen atoms in total. The summed E-state index contributed by atoms with van der Waals surface area (Å²) in [5.74, 6) is -0.426. The van der Waals surface area contributed by atoms with Gasteiger partial charge in [-0.25, -0.2) is 9.71 Å². The van der Waals surface area contributed by atoms with E-state index in [0.29, 0.717) is 13.1 Å². The summed E-state index contributed by atoms with van der Waals surface area (Å²) in [6.07, 6.45) is 3.94. The van der Waals surface area contributed by atoms with Gasteiger partial charge >= 0.3 is 15.5 Å². The minimum Gasteiger partial charge on any atom is -0.326 e. The van der Waals surface area contributed by atoms with Crippen molar-refractivity contribution < 1.29 is 26.4 Å². The molecule has 1 amide bonds. The molecule has 0 aliphatic carbocycles. The average Bonchev–Trinajstić information content (AvgIpc) is 3.36. The highest BCUT2D eigenvalue weighted by Gasteiger charge is 2.47. The smallest absolute Gasteiger partial charge is 0.326 e. The van der Waals surface area contributed by atoms with Crippen molar-refractivity contribution in [2.45, 2.75) is 64.7 Å². The number of unbranched alkanes of at least 4 members (excludes halogenated alkanes) is 2. The lowest BCUT2D eigenvalue weighted by molar-refractivity contribution is -0.0446. The molecule has 1 aromatic heterocycles. The molecule has 0 saturated carbocycles. The van der Waals surface area contributed by atoms with Crippen LogP contribution in [0, 0.1) is 0 Å². The molecule has 0 fully saturated rings. The summed E-state index contributed by atoms with van der Waals surface area (Å²) in [5, 5.41) is 0. The summed E-state index contributed by atoms with van der Waals surface area (Å²) in [4.78, 5) is 19.7. The highest BCUT2D eigenvalue weighted by Crippen LogP contribution is 2.31. The van der Waals surface area contributed by atoms with Crippen LogP contribution in [0.15, 0.2) is 84.9 Å². The minimum atomic E-state index is -5.79. The Morgan fingerprint density at radius 1 is 0.841 bits per heavy atom. The van der Waals surface area contributed by atoms with Gasteiger partial charge in [0.25, 0.3) is 5.91 Å². The number of halogens is 3. The first-order valence-electron chi connectivity index (χ1n) is 14.7. The van der Waals surface area contributed by atoms with E-state index in [1.807, 2.05) is 36.4 Å². The predicted molar refractivity (Wildman–Crippen MR) is 166 cm³/mol. The highest BCUT2D eigenvalue weighted by atomic mass is 32.2. The zero-order valence-corrected chi connectivity index (χ0v) is 25.7. The van der Waals surface area contributed by atoms with Crippen molar-refractivity contribution in [3.63, 3.8) is 0 Å². The van der Waals surface area contributed by atoms with Crippen LogP contribution in [0.25, 0.3) is 22.6 Å². The molecule has 0 atom stereocenters. The fourth-order valence-corrected chi connectivity index (χ4v) is 5.38. The lowest BCUT2D eigenvalue weighted by Gasteiger charge is -2.24. The first-order chi connectivity index (χ1) is 21.0. The predicted octanol–water partition coefficient (Wildman–Crippen LogP) is 7.40. The third-order valence-corrected chi connectivity index (χ3v) is 8.31. The lowest BCUT2D eigenvalue weighted by Crippen LogP contribution is -2.40. The van der Waals surface area contributed by atoms with Crippen LogP contribution in [0.1, 0.15) is 61.1 Å². The fourth-order valence-electron chi connectivity index (χ4n) is 4.90. The summed E-state index contributed by atoms with van der Waals surface area (Å²) < 4.78 is 64.3. The van der Waals surface area contributed by atoms with Gasteiger partial charge in [-0.05, 0) is 37.1 Å². The van der Waals surface area contributed by atoms with Gasteiger partial charge < -0.3 is 4.57 Å². The quantitative estimate of drug-likeness (QED) is 0.158. The molecule has 0 radical (unpaired) electrons. The second-order valence-corrected chi connectivity index (χ2v) is 12.3. The summed E-state index contributed by atoms with van der Waals surface area (Å²) in [6, 6.07) is 26.2. The maximum absolute atomic E-state index is 12.7. The normalized spacial score (nSPS) is 12.0. The van der Waals surface area contributed by atoms with Crippen molar-refractivity contribution in [2.24, 2.45) is 0 Å².